The lowest BCUT2D eigenvalue weighted by molar-refractivity contribution is -0.209. The number of amides is 1. The number of nitrogens with zero attached hydrogens (tertiary/aromatic N) is 1. The lowest BCUT2D eigenvalue weighted by atomic mass is 10.0. The van der Waals surface area contributed by atoms with Gasteiger partial charge in [-0.1, -0.05) is 23.7 Å². The lowest BCUT2D eigenvalue weighted by Crippen LogP contribution is -2.48. The first-order valence-electron chi connectivity index (χ1n) is 9.83. The van der Waals surface area contributed by atoms with E-state index >= 15 is 0 Å². The number of hydrogen-bond donors (Lipinski definition) is 1. The maximum atomic E-state index is 13.5. The largest absolute Gasteiger partial charge is 0.435 e. The van der Waals surface area contributed by atoms with E-state index in [2.05, 4.69) is 4.74 Å². The van der Waals surface area contributed by atoms with E-state index in [0.717, 1.165) is 24.3 Å². The Morgan fingerprint density at radius 1 is 1.17 bits per heavy atom. The van der Waals surface area contributed by atoms with E-state index in [1.54, 1.807) is 0 Å². The van der Waals surface area contributed by atoms with E-state index in [4.69, 9.17) is 16.3 Å². The molecule has 1 heterocycles. The number of hydrogen-bond acceptors (Lipinski definition) is 4. The van der Waals surface area contributed by atoms with Crippen molar-refractivity contribution in [2.24, 2.45) is 0 Å². The third kappa shape index (κ3) is 8.13. The Morgan fingerprint density at radius 2 is 1.89 bits per heavy atom. The summed E-state index contributed by atoms with van der Waals surface area (Å²) >= 11 is 5.52. The second-order valence-electron chi connectivity index (χ2n) is 7.43. The summed E-state index contributed by atoms with van der Waals surface area (Å²) in [6.45, 7) is -0.927. The molecule has 0 radical (unpaired) electrons. The Balaban J connectivity index is 0.00000432. The zero-order chi connectivity index (χ0) is 25.1. The molecule has 0 aliphatic carbocycles. The van der Waals surface area contributed by atoms with Crippen LogP contribution in [0.15, 0.2) is 42.5 Å². The fourth-order valence-corrected chi connectivity index (χ4v) is 3.40. The van der Waals surface area contributed by atoms with Gasteiger partial charge in [0.1, 0.15) is 5.82 Å². The van der Waals surface area contributed by atoms with E-state index < -0.39 is 48.6 Å². The molecule has 3 rings (SSSR count). The van der Waals surface area contributed by atoms with Crippen LogP contribution in [-0.4, -0.2) is 49.5 Å². The fraction of sp³-hybridized carbons (Fsp3) is 0.381. The zero-order valence-corrected chi connectivity index (χ0v) is 19.2. The summed E-state index contributed by atoms with van der Waals surface area (Å²) in [5, 5.41) is 1.75. The van der Waals surface area contributed by atoms with Crippen LogP contribution in [-0.2, 0) is 15.7 Å². The summed E-state index contributed by atoms with van der Waals surface area (Å²) in [5.74, 6) is -0.888. The molecule has 1 N–H and O–H groups in total. The monoisotopic (exact) mass is 550 g/mol. The number of carbonyl (C=O) groups is 1. The van der Waals surface area contributed by atoms with Gasteiger partial charge in [0.25, 0.3) is 0 Å². The number of rotatable bonds is 5. The molecule has 0 unspecified atom stereocenters. The van der Waals surface area contributed by atoms with Crippen LogP contribution >= 0.6 is 24.0 Å². The Kier molecular flexibility index (Phi) is 9.63. The molecule has 2 aromatic carbocycles. The Morgan fingerprint density at radius 3 is 2.51 bits per heavy atom. The minimum Gasteiger partial charge on any atom is -0.435 e. The Hall–Kier alpha value is -2.28. The number of alkyl halides is 6. The fourth-order valence-electron chi connectivity index (χ4n) is 3.28. The maximum absolute atomic E-state index is 13.5. The van der Waals surface area contributed by atoms with Crippen molar-refractivity contribution in [3.05, 3.63) is 64.4 Å². The summed E-state index contributed by atoms with van der Waals surface area (Å²) in [7, 11) is 0. The molecular formula is C21H19Cl2F7N2O3. The van der Waals surface area contributed by atoms with Crippen molar-refractivity contribution in [1.82, 2.24) is 4.90 Å². The zero-order valence-electron chi connectivity index (χ0n) is 17.6. The number of ether oxygens (including phenoxy) is 2. The molecule has 1 amide bonds. The van der Waals surface area contributed by atoms with Crippen LogP contribution in [0.3, 0.4) is 0 Å². The van der Waals surface area contributed by atoms with Gasteiger partial charge in [-0.15, -0.1) is 12.4 Å². The van der Waals surface area contributed by atoms with E-state index in [0.29, 0.717) is 0 Å². The van der Waals surface area contributed by atoms with E-state index in [1.165, 1.54) is 23.1 Å². The minimum atomic E-state index is -4.94. The molecule has 0 bridgehead atoms. The summed E-state index contributed by atoms with van der Waals surface area (Å²) in [5.41, 5.74) is -0.909. The number of halogens is 9. The molecule has 0 spiro atoms. The molecule has 14 heteroatoms. The van der Waals surface area contributed by atoms with Gasteiger partial charge in [0.2, 0.25) is 6.10 Å². The smallest absolute Gasteiger partial charge is 0.426 e. The second kappa shape index (κ2) is 11.6. The van der Waals surface area contributed by atoms with Crippen molar-refractivity contribution in [1.29, 1.82) is 0 Å². The summed E-state index contributed by atoms with van der Waals surface area (Å²) in [6.07, 6.45) is -14.4. The van der Waals surface area contributed by atoms with Gasteiger partial charge in [-0.2, -0.15) is 26.3 Å². The highest BCUT2D eigenvalue weighted by atomic mass is 35.5. The lowest BCUT2D eigenvalue weighted by Gasteiger charge is -2.35. The van der Waals surface area contributed by atoms with Gasteiger partial charge in [-0.25, -0.2) is 9.18 Å². The van der Waals surface area contributed by atoms with E-state index in [-0.39, 0.29) is 48.4 Å². The van der Waals surface area contributed by atoms with Crippen LogP contribution in [0.1, 0.15) is 17.2 Å². The van der Waals surface area contributed by atoms with E-state index in [1.807, 2.05) is 5.32 Å². The average molecular weight is 551 g/mol. The molecule has 2 aromatic rings. The number of benzene rings is 2. The van der Waals surface area contributed by atoms with Crippen molar-refractivity contribution >= 4 is 35.8 Å². The normalized spacial score (nSPS) is 17.9. The molecule has 1 aliphatic rings. The molecule has 1 aliphatic heterocycles. The van der Waals surface area contributed by atoms with Crippen LogP contribution in [0.2, 0.25) is 5.02 Å². The maximum Gasteiger partial charge on any atom is 0.426 e. The molecule has 194 valence electrons. The van der Waals surface area contributed by atoms with Crippen LogP contribution in [0.25, 0.3) is 0 Å². The van der Waals surface area contributed by atoms with Crippen LogP contribution in [0.4, 0.5) is 41.2 Å². The SMILES string of the molecule is Cl.O=C(Nc1ccc(Cl)c(F)c1)O[C@@H](CN1CCO[C@H](c2cccc(C(F)(F)F)c2)C1)C(F)(F)F. The average Bonchev–Trinajstić information content (AvgIpc) is 2.75. The highest BCUT2D eigenvalue weighted by Crippen LogP contribution is 2.33. The minimum absolute atomic E-state index is 0. The molecule has 35 heavy (non-hydrogen) atoms. The Labute approximate surface area is 206 Å². The van der Waals surface area contributed by atoms with E-state index in [9.17, 15) is 35.5 Å². The molecular weight excluding hydrogens is 532 g/mol. The number of carbonyl (C=O) groups excluding carboxylic acids is 1. The molecule has 0 saturated carbocycles. The molecule has 1 fully saturated rings. The molecule has 1 saturated heterocycles. The Bertz CT molecular complexity index is 1020. The van der Waals surface area contributed by atoms with Crippen molar-refractivity contribution in [2.75, 3.05) is 31.6 Å². The van der Waals surface area contributed by atoms with Gasteiger partial charge in [0, 0.05) is 25.3 Å². The number of nitrogens with one attached hydrogen (secondary N) is 1. The highest BCUT2D eigenvalue weighted by Gasteiger charge is 2.44. The van der Waals surface area contributed by atoms with Gasteiger partial charge in [-0.05, 0) is 35.9 Å². The molecule has 0 aromatic heterocycles. The standard InChI is InChI=1S/C21H18ClF7N2O3.ClH/c22-15-5-4-14(9-16(15)23)30-19(32)34-18(21(27,28)29)11-31-6-7-33-17(10-31)12-2-1-3-13(8-12)20(24,25)26;/h1-5,8-9,17-18H,6-7,10-11H2,(H,30,32);1H/t17-,18-;/m0./s1. The molecule has 5 nitrogen and oxygen atoms in total. The van der Waals surface area contributed by atoms with Crippen molar-refractivity contribution < 1.29 is 45.0 Å². The van der Waals surface area contributed by atoms with Crippen molar-refractivity contribution in [3.8, 4) is 0 Å². The quantitative estimate of drug-likeness (QED) is 0.433. The number of anilines is 1. The third-order valence-corrected chi connectivity index (χ3v) is 5.25. The summed E-state index contributed by atoms with van der Waals surface area (Å²) < 4.78 is 103. The summed E-state index contributed by atoms with van der Waals surface area (Å²) in [6, 6.07) is 7.43. The van der Waals surface area contributed by atoms with Gasteiger partial charge < -0.3 is 9.47 Å². The predicted octanol–water partition coefficient (Wildman–Crippen LogP) is 6.47. The second-order valence-corrected chi connectivity index (χ2v) is 7.84. The highest BCUT2D eigenvalue weighted by molar-refractivity contribution is 6.30. The van der Waals surface area contributed by atoms with Gasteiger partial charge in [0.05, 0.1) is 23.3 Å². The van der Waals surface area contributed by atoms with Crippen LogP contribution in [0.5, 0.6) is 0 Å². The van der Waals surface area contributed by atoms with Gasteiger partial charge in [0.15, 0.2) is 0 Å². The van der Waals surface area contributed by atoms with Crippen LogP contribution in [0, 0.1) is 5.82 Å². The van der Waals surface area contributed by atoms with Crippen molar-refractivity contribution in [3.63, 3.8) is 0 Å². The predicted molar refractivity (Wildman–Crippen MR) is 115 cm³/mol. The first-order valence-corrected chi connectivity index (χ1v) is 10.2. The first kappa shape index (κ1) is 29.0. The number of morpholine rings is 1. The van der Waals surface area contributed by atoms with Crippen LogP contribution < -0.4 is 5.32 Å². The van der Waals surface area contributed by atoms with Crippen molar-refractivity contribution in [2.45, 2.75) is 24.6 Å². The topological polar surface area (TPSA) is 50.8 Å². The van der Waals surface area contributed by atoms with Gasteiger partial charge >= 0.3 is 18.4 Å². The third-order valence-electron chi connectivity index (χ3n) is 4.94. The van der Waals surface area contributed by atoms with Gasteiger partial charge in [-0.3, -0.25) is 10.2 Å². The first-order chi connectivity index (χ1) is 15.8. The summed E-state index contributed by atoms with van der Waals surface area (Å²) in [4.78, 5) is 13.3. The molecule has 2 atom stereocenters.